The normalized spacial score (nSPS) is 41.1. The van der Waals surface area contributed by atoms with E-state index in [1.165, 1.54) is 19.3 Å². The fourth-order valence-corrected chi connectivity index (χ4v) is 3.74. The van der Waals surface area contributed by atoms with Gasteiger partial charge in [-0.1, -0.05) is 13.8 Å². The highest BCUT2D eigenvalue weighted by molar-refractivity contribution is 4.88. The maximum atomic E-state index is 5.87. The Kier molecular flexibility index (Phi) is 4.83. The molecular weight excluding hydrogens is 214 g/mol. The first-order chi connectivity index (χ1) is 8.20. The second-order valence-corrected chi connectivity index (χ2v) is 5.98. The molecule has 0 radical (unpaired) electrons. The van der Waals surface area contributed by atoms with Crippen molar-refractivity contribution in [2.75, 3.05) is 26.9 Å². The molecule has 1 saturated heterocycles. The lowest BCUT2D eigenvalue weighted by molar-refractivity contribution is -0.111. The van der Waals surface area contributed by atoms with E-state index < -0.39 is 0 Å². The topological polar surface area (TPSA) is 30.5 Å². The number of ether oxygens (including phenoxy) is 2. The van der Waals surface area contributed by atoms with E-state index in [2.05, 4.69) is 26.2 Å². The number of hydrogen-bond acceptors (Lipinski definition) is 3. The van der Waals surface area contributed by atoms with E-state index in [4.69, 9.17) is 9.47 Å². The summed E-state index contributed by atoms with van der Waals surface area (Å²) in [6.07, 6.45) is 4.29. The molecule has 4 atom stereocenters. The van der Waals surface area contributed by atoms with Crippen LogP contribution in [0.2, 0.25) is 0 Å². The molecule has 1 N–H and O–H groups in total. The third kappa shape index (κ3) is 3.43. The molecule has 1 heterocycles. The third-order valence-electron chi connectivity index (χ3n) is 4.30. The van der Waals surface area contributed by atoms with Gasteiger partial charge in [-0.15, -0.1) is 0 Å². The highest BCUT2D eigenvalue weighted by Gasteiger charge is 2.35. The average molecular weight is 241 g/mol. The minimum Gasteiger partial charge on any atom is -0.376 e. The van der Waals surface area contributed by atoms with Crippen LogP contribution >= 0.6 is 0 Å². The van der Waals surface area contributed by atoms with Crippen molar-refractivity contribution in [3.05, 3.63) is 0 Å². The Morgan fingerprint density at radius 2 is 1.76 bits per heavy atom. The summed E-state index contributed by atoms with van der Waals surface area (Å²) >= 11 is 0. The standard InChI is InChI=1S/C14H27NO2/c1-10-6-11(2)8-12(7-10)14(15-3)13-9-16-4-5-17-13/h10-15H,4-9H2,1-3H3. The number of likely N-dealkylation sites (N-methyl/N-ethyl adjacent to an activating group) is 1. The second-order valence-electron chi connectivity index (χ2n) is 5.98. The maximum absolute atomic E-state index is 5.87. The zero-order valence-corrected chi connectivity index (χ0v) is 11.4. The predicted molar refractivity (Wildman–Crippen MR) is 69.1 cm³/mol. The van der Waals surface area contributed by atoms with Gasteiger partial charge in [0, 0.05) is 6.04 Å². The fourth-order valence-electron chi connectivity index (χ4n) is 3.74. The van der Waals surface area contributed by atoms with Crippen molar-refractivity contribution >= 4 is 0 Å². The van der Waals surface area contributed by atoms with Crippen molar-refractivity contribution < 1.29 is 9.47 Å². The van der Waals surface area contributed by atoms with Crippen LogP contribution in [0.4, 0.5) is 0 Å². The summed E-state index contributed by atoms with van der Waals surface area (Å²) in [5, 5.41) is 3.48. The Morgan fingerprint density at radius 3 is 2.29 bits per heavy atom. The molecule has 2 aliphatic rings. The summed E-state index contributed by atoms with van der Waals surface area (Å²) in [6, 6.07) is 0.459. The molecule has 2 fully saturated rings. The molecule has 0 amide bonds. The molecule has 0 aromatic carbocycles. The van der Waals surface area contributed by atoms with Gasteiger partial charge in [0.05, 0.1) is 25.9 Å². The minimum atomic E-state index is 0.247. The number of rotatable bonds is 3. The van der Waals surface area contributed by atoms with E-state index in [1.54, 1.807) is 0 Å². The Morgan fingerprint density at radius 1 is 1.06 bits per heavy atom. The van der Waals surface area contributed by atoms with Gasteiger partial charge in [0.1, 0.15) is 0 Å². The Labute approximate surface area is 105 Å². The summed E-state index contributed by atoms with van der Waals surface area (Å²) in [4.78, 5) is 0. The van der Waals surface area contributed by atoms with Crippen LogP contribution in [-0.4, -0.2) is 39.0 Å². The lowest BCUT2D eigenvalue weighted by atomic mass is 9.72. The minimum absolute atomic E-state index is 0.247. The maximum Gasteiger partial charge on any atom is 0.0964 e. The molecule has 17 heavy (non-hydrogen) atoms. The van der Waals surface area contributed by atoms with E-state index >= 15 is 0 Å². The van der Waals surface area contributed by atoms with Crippen LogP contribution in [0.1, 0.15) is 33.1 Å². The quantitative estimate of drug-likeness (QED) is 0.820. The van der Waals surface area contributed by atoms with Gasteiger partial charge in [-0.05, 0) is 44.1 Å². The molecular formula is C14H27NO2. The monoisotopic (exact) mass is 241 g/mol. The lowest BCUT2D eigenvalue weighted by Gasteiger charge is -2.40. The Balaban J connectivity index is 1.96. The van der Waals surface area contributed by atoms with Gasteiger partial charge in [-0.25, -0.2) is 0 Å². The summed E-state index contributed by atoms with van der Waals surface area (Å²) < 4.78 is 11.4. The zero-order chi connectivity index (χ0) is 12.3. The Bertz CT molecular complexity index is 218. The van der Waals surface area contributed by atoms with E-state index in [1.807, 2.05) is 0 Å². The van der Waals surface area contributed by atoms with Crippen LogP contribution in [0.5, 0.6) is 0 Å². The van der Waals surface area contributed by atoms with Gasteiger partial charge >= 0.3 is 0 Å². The summed E-state index contributed by atoms with van der Waals surface area (Å²) in [7, 11) is 2.06. The van der Waals surface area contributed by atoms with E-state index in [0.29, 0.717) is 6.04 Å². The molecule has 100 valence electrons. The van der Waals surface area contributed by atoms with Crippen LogP contribution in [0.15, 0.2) is 0 Å². The van der Waals surface area contributed by atoms with Crippen LogP contribution < -0.4 is 5.32 Å². The first kappa shape index (κ1) is 13.3. The molecule has 1 saturated carbocycles. The highest BCUT2D eigenvalue weighted by atomic mass is 16.6. The first-order valence-corrected chi connectivity index (χ1v) is 7.07. The molecule has 2 rings (SSSR count). The third-order valence-corrected chi connectivity index (χ3v) is 4.30. The molecule has 4 unspecified atom stereocenters. The number of hydrogen-bond donors (Lipinski definition) is 1. The lowest BCUT2D eigenvalue weighted by Crippen LogP contribution is -2.51. The van der Waals surface area contributed by atoms with Crippen LogP contribution in [0.25, 0.3) is 0 Å². The first-order valence-electron chi connectivity index (χ1n) is 7.07. The van der Waals surface area contributed by atoms with Gasteiger partial charge in [0.2, 0.25) is 0 Å². The van der Waals surface area contributed by atoms with Gasteiger partial charge in [-0.3, -0.25) is 0 Å². The molecule has 0 spiro atoms. The van der Waals surface area contributed by atoms with Crippen molar-refractivity contribution in [3.8, 4) is 0 Å². The smallest absolute Gasteiger partial charge is 0.0964 e. The van der Waals surface area contributed by atoms with E-state index in [0.717, 1.165) is 37.6 Å². The fraction of sp³-hybridized carbons (Fsp3) is 1.00. The molecule has 0 aromatic heterocycles. The van der Waals surface area contributed by atoms with E-state index in [9.17, 15) is 0 Å². The van der Waals surface area contributed by atoms with Crippen LogP contribution in [-0.2, 0) is 9.47 Å². The molecule has 0 aromatic rings. The molecule has 0 bridgehead atoms. The largest absolute Gasteiger partial charge is 0.376 e. The summed E-state index contributed by atoms with van der Waals surface area (Å²) in [6.45, 7) is 7.02. The van der Waals surface area contributed by atoms with Gasteiger partial charge in [-0.2, -0.15) is 0 Å². The average Bonchev–Trinajstić information content (AvgIpc) is 2.30. The van der Waals surface area contributed by atoms with Crippen molar-refractivity contribution in [3.63, 3.8) is 0 Å². The summed E-state index contributed by atoms with van der Waals surface area (Å²) in [5.41, 5.74) is 0. The SMILES string of the molecule is CNC(C1CC(C)CC(C)C1)C1COCCO1. The van der Waals surface area contributed by atoms with Crippen molar-refractivity contribution in [1.82, 2.24) is 5.32 Å². The van der Waals surface area contributed by atoms with E-state index in [-0.39, 0.29) is 6.10 Å². The van der Waals surface area contributed by atoms with Gasteiger partial charge < -0.3 is 14.8 Å². The number of nitrogens with one attached hydrogen (secondary N) is 1. The summed E-state index contributed by atoms with van der Waals surface area (Å²) in [5.74, 6) is 2.44. The molecule has 1 aliphatic heterocycles. The van der Waals surface area contributed by atoms with Gasteiger partial charge in [0.25, 0.3) is 0 Å². The van der Waals surface area contributed by atoms with Crippen molar-refractivity contribution in [1.29, 1.82) is 0 Å². The molecule has 1 aliphatic carbocycles. The second kappa shape index (κ2) is 6.17. The van der Waals surface area contributed by atoms with Crippen molar-refractivity contribution in [2.45, 2.75) is 45.3 Å². The van der Waals surface area contributed by atoms with Crippen LogP contribution in [0.3, 0.4) is 0 Å². The van der Waals surface area contributed by atoms with Gasteiger partial charge in [0.15, 0.2) is 0 Å². The Hall–Kier alpha value is -0.120. The van der Waals surface area contributed by atoms with Crippen LogP contribution in [0, 0.1) is 17.8 Å². The predicted octanol–water partition coefficient (Wildman–Crippen LogP) is 2.06. The molecule has 3 nitrogen and oxygen atoms in total. The molecule has 3 heteroatoms. The highest BCUT2D eigenvalue weighted by Crippen LogP contribution is 2.36. The van der Waals surface area contributed by atoms with Crippen molar-refractivity contribution in [2.24, 2.45) is 17.8 Å². The zero-order valence-electron chi connectivity index (χ0n) is 11.4.